The van der Waals surface area contributed by atoms with E-state index in [0.717, 1.165) is 12.0 Å². The zero-order valence-electron chi connectivity index (χ0n) is 9.97. The number of carbonyl (C=O) groups is 1. The smallest absolute Gasteiger partial charge is 0.389 e. The Morgan fingerprint density at radius 3 is 2.56 bits per heavy atom. The molecule has 0 unspecified atom stereocenters. The van der Waals surface area contributed by atoms with Crippen LogP contribution < -0.4 is 11.1 Å². The molecule has 0 radical (unpaired) electrons. The molecule has 0 saturated heterocycles. The molecule has 1 amide bonds. The highest BCUT2D eigenvalue weighted by Crippen LogP contribution is 2.22. The summed E-state index contributed by atoms with van der Waals surface area (Å²) < 4.78 is 35.8. The van der Waals surface area contributed by atoms with Crippen LogP contribution >= 0.6 is 0 Å². The van der Waals surface area contributed by atoms with Crippen LogP contribution in [-0.2, 0) is 11.2 Å². The second kappa shape index (κ2) is 5.75. The fourth-order valence-electron chi connectivity index (χ4n) is 1.47. The molecule has 0 fully saturated rings. The molecule has 0 saturated carbocycles. The van der Waals surface area contributed by atoms with Gasteiger partial charge in [-0.2, -0.15) is 13.2 Å². The third kappa shape index (κ3) is 4.65. The van der Waals surface area contributed by atoms with Gasteiger partial charge in [0.05, 0.1) is 6.42 Å². The van der Waals surface area contributed by atoms with Crippen molar-refractivity contribution in [2.24, 2.45) is 0 Å². The predicted molar refractivity (Wildman–Crippen MR) is 64.2 cm³/mol. The first-order valence-corrected chi connectivity index (χ1v) is 5.57. The maximum atomic E-state index is 11.9. The summed E-state index contributed by atoms with van der Waals surface area (Å²) in [5.74, 6) is -0.670. The molecular formula is C12H15F3N2O. The minimum absolute atomic E-state index is 0.414. The first-order chi connectivity index (χ1) is 8.31. The zero-order valence-corrected chi connectivity index (χ0v) is 9.97. The molecule has 0 aliphatic heterocycles. The number of halogens is 3. The van der Waals surface area contributed by atoms with Gasteiger partial charge in [-0.25, -0.2) is 0 Å². The van der Waals surface area contributed by atoms with Crippen LogP contribution in [0, 0.1) is 0 Å². The number of nitrogens with two attached hydrogens (primary N) is 1. The van der Waals surface area contributed by atoms with Gasteiger partial charge in [0, 0.05) is 17.8 Å². The zero-order chi connectivity index (χ0) is 13.8. The van der Waals surface area contributed by atoms with E-state index in [4.69, 9.17) is 5.73 Å². The maximum Gasteiger partial charge on any atom is 0.389 e. The van der Waals surface area contributed by atoms with E-state index >= 15 is 0 Å². The van der Waals surface area contributed by atoms with Gasteiger partial charge in [0.25, 0.3) is 0 Å². The summed E-state index contributed by atoms with van der Waals surface area (Å²) in [6, 6.07) is 4.92. The van der Waals surface area contributed by atoms with E-state index in [0.29, 0.717) is 11.4 Å². The molecule has 1 aromatic carbocycles. The maximum absolute atomic E-state index is 11.9. The minimum Gasteiger partial charge on any atom is -0.398 e. The van der Waals surface area contributed by atoms with Gasteiger partial charge in [0.1, 0.15) is 0 Å². The Kier molecular flexibility index (Phi) is 4.58. The van der Waals surface area contributed by atoms with Crippen molar-refractivity contribution in [2.45, 2.75) is 32.4 Å². The number of rotatable bonds is 4. The molecule has 0 aliphatic carbocycles. The van der Waals surface area contributed by atoms with Gasteiger partial charge < -0.3 is 11.1 Å². The SMILES string of the molecule is CCc1ccc(NC(=O)CCC(F)(F)F)cc1N. The number of aryl methyl sites for hydroxylation is 1. The molecule has 0 aromatic heterocycles. The molecule has 1 aromatic rings. The van der Waals surface area contributed by atoms with Gasteiger partial charge in [0.2, 0.25) is 5.91 Å². The van der Waals surface area contributed by atoms with Gasteiger partial charge in [0.15, 0.2) is 0 Å². The van der Waals surface area contributed by atoms with Crippen LogP contribution in [-0.4, -0.2) is 12.1 Å². The van der Waals surface area contributed by atoms with Crippen molar-refractivity contribution in [3.8, 4) is 0 Å². The van der Waals surface area contributed by atoms with E-state index < -0.39 is 24.9 Å². The Balaban J connectivity index is 2.57. The fraction of sp³-hybridized carbons (Fsp3) is 0.417. The second-order valence-electron chi connectivity index (χ2n) is 3.93. The number of amides is 1. The highest BCUT2D eigenvalue weighted by atomic mass is 19.4. The molecule has 0 spiro atoms. The number of alkyl halides is 3. The van der Waals surface area contributed by atoms with Crippen LogP contribution in [0.3, 0.4) is 0 Å². The van der Waals surface area contributed by atoms with E-state index in [2.05, 4.69) is 5.32 Å². The van der Waals surface area contributed by atoms with Crippen molar-refractivity contribution < 1.29 is 18.0 Å². The highest BCUT2D eigenvalue weighted by Gasteiger charge is 2.27. The lowest BCUT2D eigenvalue weighted by atomic mass is 10.1. The van der Waals surface area contributed by atoms with Crippen LogP contribution in [0.1, 0.15) is 25.3 Å². The first kappa shape index (κ1) is 14.3. The first-order valence-electron chi connectivity index (χ1n) is 5.57. The van der Waals surface area contributed by atoms with Gasteiger partial charge in [-0.3, -0.25) is 4.79 Å². The van der Waals surface area contributed by atoms with Crippen molar-refractivity contribution in [1.82, 2.24) is 0 Å². The normalized spacial score (nSPS) is 11.3. The molecule has 100 valence electrons. The molecule has 3 N–H and O–H groups in total. The number of anilines is 2. The molecule has 0 heterocycles. The van der Waals surface area contributed by atoms with Gasteiger partial charge in [-0.15, -0.1) is 0 Å². The molecule has 3 nitrogen and oxygen atoms in total. The predicted octanol–water partition coefficient (Wildman–Crippen LogP) is 3.11. The quantitative estimate of drug-likeness (QED) is 0.817. The lowest BCUT2D eigenvalue weighted by Gasteiger charge is -2.09. The minimum atomic E-state index is -4.32. The molecule has 18 heavy (non-hydrogen) atoms. The number of carbonyl (C=O) groups excluding carboxylic acids is 1. The lowest BCUT2D eigenvalue weighted by molar-refractivity contribution is -0.142. The number of benzene rings is 1. The Hall–Kier alpha value is -1.72. The Morgan fingerprint density at radius 1 is 1.39 bits per heavy atom. The van der Waals surface area contributed by atoms with Gasteiger partial charge in [-0.1, -0.05) is 13.0 Å². The Bertz CT molecular complexity index is 430. The van der Waals surface area contributed by atoms with Crippen molar-refractivity contribution in [3.05, 3.63) is 23.8 Å². The third-order valence-electron chi connectivity index (χ3n) is 2.45. The Labute approximate surface area is 103 Å². The molecule has 0 atom stereocenters. The van der Waals surface area contributed by atoms with Crippen molar-refractivity contribution in [3.63, 3.8) is 0 Å². The van der Waals surface area contributed by atoms with Crippen molar-refractivity contribution >= 4 is 17.3 Å². The molecule has 0 aliphatic rings. The average molecular weight is 260 g/mol. The van der Waals surface area contributed by atoms with Crippen molar-refractivity contribution in [2.75, 3.05) is 11.1 Å². The van der Waals surface area contributed by atoms with Crippen molar-refractivity contribution in [1.29, 1.82) is 0 Å². The largest absolute Gasteiger partial charge is 0.398 e. The average Bonchev–Trinajstić information content (AvgIpc) is 2.26. The summed E-state index contributed by atoms with van der Waals surface area (Å²) in [4.78, 5) is 11.3. The third-order valence-corrected chi connectivity index (χ3v) is 2.45. The van der Waals surface area contributed by atoms with E-state index in [9.17, 15) is 18.0 Å². The summed E-state index contributed by atoms with van der Waals surface area (Å²) in [5, 5.41) is 2.39. The highest BCUT2D eigenvalue weighted by molar-refractivity contribution is 5.91. The summed E-state index contributed by atoms with van der Waals surface area (Å²) in [6.07, 6.45) is -5.27. The van der Waals surface area contributed by atoms with Crippen LogP contribution in [0.4, 0.5) is 24.5 Å². The molecule has 0 bridgehead atoms. The number of nitrogen functional groups attached to an aromatic ring is 1. The number of nitrogens with one attached hydrogen (secondary N) is 1. The summed E-state index contributed by atoms with van der Waals surface area (Å²) in [5.41, 5.74) is 7.59. The topological polar surface area (TPSA) is 55.1 Å². The molecular weight excluding hydrogens is 245 g/mol. The summed E-state index contributed by atoms with van der Waals surface area (Å²) in [6.45, 7) is 1.94. The van der Waals surface area contributed by atoms with Crippen LogP contribution in [0.5, 0.6) is 0 Å². The van der Waals surface area contributed by atoms with Crippen LogP contribution in [0.15, 0.2) is 18.2 Å². The van der Waals surface area contributed by atoms with E-state index in [1.165, 1.54) is 0 Å². The Morgan fingerprint density at radius 2 is 2.06 bits per heavy atom. The second-order valence-corrected chi connectivity index (χ2v) is 3.93. The fourth-order valence-corrected chi connectivity index (χ4v) is 1.47. The van der Waals surface area contributed by atoms with E-state index in [-0.39, 0.29) is 0 Å². The summed E-state index contributed by atoms with van der Waals surface area (Å²) >= 11 is 0. The number of hydrogen-bond donors (Lipinski definition) is 2. The van der Waals surface area contributed by atoms with Crippen LogP contribution in [0.25, 0.3) is 0 Å². The molecule has 6 heteroatoms. The van der Waals surface area contributed by atoms with E-state index in [1.54, 1.807) is 18.2 Å². The monoisotopic (exact) mass is 260 g/mol. The lowest BCUT2D eigenvalue weighted by Crippen LogP contribution is -2.16. The molecule has 1 rings (SSSR count). The van der Waals surface area contributed by atoms with Gasteiger partial charge in [-0.05, 0) is 24.1 Å². The standard InChI is InChI=1S/C12H15F3N2O/c1-2-8-3-4-9(7-10(8)16)17-11(18)5-6-12(13,14)15/h3-4,7H,2,5-6,16H2,1H3,(H,17,18). The van der Waals surface area contributed by atoms with Gasteiger partial charge >= 0.3 is 6.18 Å². The number of hydrogen-bond acceptors (Lipinski definition) is 2. The van der Waals surface area contributed by atoms with E-state index in [1.807, 2.05) is 6.92 Å². The van der Waals surface area contributed by atoms with Crippen LogP contribution in [0.2, 0.25) is 0 Å². The summed E-state index contributed by atoms with van der Waals surface area (Å²) in [7, 11) is 0.